The van der Waals surface area contributed by atoms with Gasteiger partial charge in [0.15, 0.2) is 0 Å². The predicted molar refractivity (Wildman–Crippen MR) is 45.6 cm³/mol. The first-order valence-corrected chi connectivity index (χ1v) is 3.81. The van der Waals surface area contributed by atoms with Crippen LogP contribution in [0, 0.1) is 5.41 Å². The summed E-state index contributed by atoms with van der Waals surface area (Å²) in [6.07, 6.45) is 2.03. The van der Waals surface area contributed by atoms with E-state index < -0.39 is 6.03 Å². The van der Waals surface area contributed by atoms with Crippen LogP contribution in [0.1, 0.15) is 27.2 Å². The quantitative estimate of drug-likeness (QED) is 0.504. The molecule has 0 unspecified atom stereocenters. The Morgan fingerprint density at radius 2 is 2.08 bits per heavy atom. The maximum absolute atomic E-state index is 10.6. The minimum Gasteiger partial charge on any atom is -0.336 e. The first-order valence-electron chi connectivity index (χ1n) is 3.81. The second-order valence-electron chi connectivity index (χ2n) is 3.75. The molecule has 0 aromatic carbocycles. The molecule has 1 N–H and O–H groups in total. The highest BCUT2D eigenvalue weighted by Crippen LogP contribution is 2.16. The summed E-state index contributed by atoms with van der Waals surface area (Å²) in [5.74, 6) is 0. The highest BCUT2D eigenvalue weighted by molar-refractivity contribution is 5.79. The summed E-state index contributed by atoms with van der Waals surface area (Å²) in [4.78, 5) is 23.1. The van der Waals surface area contributed by atoms with E-state index in [4.69, 9.17) is 0 Å². The van der Waals surface area contributed by atoms with Gasteiger partial charge in [0.1, 0.15) is 0 Å². The zero-order chi connectivity index (χ0) is 9.61. The summed E-state index contributed by atoms with van der Waals surface area (Å²) in [7, 11) is 0. The lowest BCUT2D eigenvalue weighted by molar-refractivity contribution is 0.247. The number of urea groups is 1. The lowest BCUT2D eigenvalue weighted by atomic mass is 9.92. The molecule has 0 aromatic rings. The third-order valence-electron chi connectivity index (χ3n) is 1.30. The Bertz CT molecular complexity index is 200. The molecule has 0 bridgehead atoms. The van der Waals surface area contributed by atoms with Crippen molar-refractivity contribution >= 4 is 12.1 Å². The van der Waals surface area contributed by atoms with E-state index in [1.807, 2.05) is 0 Å². The van der Waals surface area contributed by atoms with Crippen molar-refractivity contribution in [1.29, 1.82) is 0 Å². The van der Waals surface area contributed by atoms with Gasteiger partial charge in [-0.15, -0.1) is 4.99 Å². The van der Waals surface area contributed by atoms with Crippen molar-refractivity contribution in [1.82, 2.24) is 5.32 Å². The SMILES string of the molecule is CC(C)(C)CCNC(=O)N=C=O. The summed E-state index contributed by atoms with van der Waals surface area (Å²) < 4.78 is 0. The van der Waals surface area contributed by atoms with Crippen LogP contribution in [0.25, 0.3) is 0 Å². The van der Waals surface area contributed by atoms with E-state index in [0.717, 1.165) is 6.42 Å². The van der Waals surface area contributed by atoms with Gasteiger partial charge in [0.2, 0.25) is 6.08 Å². The minimum absolute atomic E-state index is 0.179. The lowest BCUT2D eigenvalue weighted by Gasteiger charge is -2.17. The summed E-state index contributed by atoms with van der Waals surface area (Å²) in [5.41, 5.74) is 0.179. The molecule has 0 radical (unpaired) electrons. The number of hydrogen-bond acceptors (Lipinski definition) is 2. The van der Waals surface area contributed by atoms with Crippen LogP contribution >= 0.6 is 0 Å². The molecular formula is C8H14N2O2. The number of carbonyl (C=O) groups is 1. The molecule has 0 spiro atoms. The Kier molecular flexibility index (Phi) is 4.22. The standard InChI is InChI=1S/C8H14N2O2/c1-8(2,3)4-5-9-7(12)10-6-11/h4-5H2,1-3H3,(H,9,12). The van der Waals surface area contributed by atoms with E-state index in [0.29, 0.717) is 6.54 Å². The Hall–Kier alpha value is -1.15. The molecule has 0 aliphatic heterocycles. The van der Waals surface area contributed by atoms with E-state index in [9.17, 15) is 9.59 Å². The van der Waals surface area contributed by atoms with Crippen molar-refractivity contribution in [3.05, 3.63) is 0 Å². The maximum Gasteiger partial charge on any atom is 0.351 e. The molecule has 4 nitrogen and oxygen atoms in total. The monoisotopic (exact) mass is 170 g/mol. The van der Waals surface area contributed by atoms with Gasteiger partial charge in [0, 0.05) is 6.54 Å². The molecular weight excluding hydrogens is 156 g/mol. The number of isocyanates is 1. The van der Waals surface area contributed by atoms with Gasteiger partial charge in [-0.3, -0.25) is 0 Å². The van der Waals surface area contributed by atoms with Gasteiger partial charge in [0.05, 0.1) is 0 Å². The average molecular weight is 170 g/mol. The van der Waals surface area contributed by atoms with Crippen LogP contribution in [0.2, 0.25) is 0 Å². The van der Waals surface area contributed by atoms with Crippen LogP contribution in [-0.2, 0) is 4.79 Å². The van der Waals surface area contributed by atoms with Crippen LogP contribution in [0.4, 0.5) is 4.79 Å². The van der Waals surface area contributed by atoms with Crippen LogP contribution < -0.4 is 5.32 Å². The van der Waals surface area contributed by atoms with Gasteiger partial charge in [-0.1, -0.05) is 20.8 Å². The number of nitrogens with zero attached hydrogens (tertiary/aromatic N) is 1. The number of nitrogens with one attached hydrogen (secondary N) is 1. The van der Waals surface area contributed by atoms with Gasteiger partial charge >= 0.3 is 6.03 Å². The molecule has 4 heteroatoms. The molecule has 0 atom stereocenters. The molecule has 68 valence electrons. The van der Waals surface area contributed by atoms with Gasteiger partial charge in [-0.05, 0) is 11.8 Å². The minimum atomic E-state index is -0.616. The van der Waals surface area contributed by atoms with Crippen LogP contribution in [0.3, 0.4) is 0 Å². The number of amides is 2. The zero-order valence-electron chi connectivity index (χ0n) is 7.68. The summed E-state index contributed by atoms with van der Waals surface area (Å²) in [5, 5.41) is 2.47. The van der Waals surface area contributed by atoms with Crippen molar-refractivity contribution in [2.24, 2.45) is 10.4 Å². The summed E-state index contributed by atoms with van der Waals surface area (Å²) >= 11 is 0. The second kappa shape index (κ2) is 4.67. The van der Waals surface area contributed by atoms with Crippen molar-refractivity contribution in [2.45, 2.75) is 27.2 Å². The van der Waals surface area contributed by atoms with Crippen molar-refractivity contribution in [2.75, 3.05) is 6.54 Å². The highest BCUT2D eigenvalue weighted by atomic mass is 16.2. The fourth-order valence-corrected chi connectivity index (χ4v) is 0.625. The number of aliphatic imine (C=N–C) groups is 1. The average Bonchev–Trinajstić information content (AvgIpc) is 1.84. The Morgan fingerprint density at radius 1 is 1.50 bits per heavy atom. The molecule has 0 rings (SSSR count). The third kappa shape index (κ3) is 6.96. The first-order chi connectivity index (χ1) is 5.45. The molecule has 0 saturated heterocycles. The Labute approximate surface area is 72.1 Å². The van der Waals surface area contributed by atoms with E-state index >= 15 is 0 Å². The van der Waals surface area contributed by atoms with E-state index in [1.165, 1.54) is 6.08 Å². The van der Waals surface area contributed by atoms with Gasteiger partial charge in [-0.2, -0.15) is 0 Å². The van der Waals surface area contributed by atoms with E-state index in [-0.39, 0.29) is 5.41 Å². The molecule has 0 saturated carbocycles. The molecule has 0 heterocycles. The molecule has 12 heavy (non-hydrogen) atoms. The fraction of sp³-hybridized carbons (Fsp3) is 0.750. The summed E-state index contributed by atoms with van der Waals surface area (Å²) in [6, 6.07) is -0.616. The maximum atomic E-state index is 10.6. The highest BCUT2D eigenvalue weighted by Gasteiger charge is 2.09. The lowest BCUT2D eigenvalue weighted by Crippen LogP contribution is -2.24. The number of hydrogen-bond donors (Lipinski definition) is 1. The van der Waals surface area contributed by atoms with Gasteiger partial charge < -0.3 is 5.32 Å². The zero-order valence-corrected chi connectivity index (χ0v) is 7.68. The number of carbonyl (C=O) groups excluding carboxylic acids is 2. The van der Waals surface area contributed by atoms with Crippen molar-refractivity contribution in [3.63, 3.8) is 0 Å². The van der Waals surface area contributed by atoms with E-state index in [1.54, 1.807) is 0 Å². The molecule has 0 aliphatic rings. The van der Waals surface area contributed by atoms with Crippen LogP contribution in [0.15, 0.2) is 4.99 Å². The fourth-order valence-electron chi connectivity index (χ4n) is 0.625. The molecule has 0 aliphatic carbocycles. The summed E-state index contributed by atoms with van der Waals surface area (Å²) in [6.45, 7) is 6.75. The molecule has 0 aromatic heterocycles. The van der Waals surface area contributed by atoms with Gasteiger partial charge in [0.25, 0.3) is 0 Å². The third-order valence-corrected chi connectivity index (χ3v) is 1.30. The smallest absolute Gasteiger partial charge is 0.336 e. The largest absolute Gasteiger partial charge is 0.351 e. The van der Waals surface area contributed by atoms with Crippen LogP contribution in [-0.4, -0.2) is 18.7 Å². The van der Waals surface area contributed by atoms with Gasteiger partial charge in [-0.25, -0.2) is 9.59 Å². The van der Waals surface area contributed by atoms with Crippen molar-refractivity contribution in [3.8, 4) is 0 Å². The molecule has 0 fully saturated rings. The van der Waals surface area contributed by atoms with E-state index in [2.05, 4.69) is 31.1 Å². The van der Waals surface area contributed by atoms with Crippen molar-refractivity contribution < 1.29 is 9.59 Å². The number of rotatable bonds is 2. The normalized spacial score (nSPS) is 10.2. The Balaban J connectivity index is 3.57. The van der Waals surface area contributed by atoms with Crippen LogP contribution in [0.5, 0.6) is 0 Å². The first kappa shape index (κ1) is 10.8. The second-order valence-corrected chi connectivity index (χ2v) is 3.75. The topological polar surface area (TPSA) is 58.5 Å². The predicted octanol–water partition coefficient (Wildman–Crippen LogP) is 1.47. The molecule has 2 amide bonds. The Morgan fingerprint density at radius 3 is 2.50 bits per heavy atom.